The summed E-state index contributed by atoms with van der Waals surface area (Å²) in [6.45, 7) is 0.928. The minimum atomic E-state index is -0.364. The number of aliphatic imine (C=N–C) groups is 1. The maximum absolute atomic E-state index is 8.65. The normalized spacial score (nSPS) is 21.7. The Bertz CT molecular complexity index is 865. The van der Waals surface area contributed by atoms with E-state index in [9.17, 15) is 0 Å². The van der Waals surface area contributed by atoms with Crippen molar-refractivity contribution in [2.75, 3.05) is 12.3 Å². The smallest absolute Gasteiger partial charge is 0.350 e. The second-order valence-corrected chi connectivity index (χ2v) is 7.69. The van der Waals surface area contributed by atoms with Crippen molar-refractivity contribution >= 4 is 17.7 Å². The largest absolute Gasteiger partial charge is 0.581 e. The van der Waals surface area contributed by atoms with Crippen molar-refractivity contribution < 1.29 is 5.11 Å². The topological polar surface area (TPSA) is 123 Å². The van der Waals surface area contributed by atoms with Crippen molar-refractivity contribution in [3.05, 3.63) is 42.2 Å². The van der Waals surface area contributed by atoms with E-state index in [1.165, 1.54) is 0 Å². The zero-order valence-electron chi connectivity index (χ0n) is 15.9. The molecule has 6 N–H and O–H groups in total. The number of hydrogen-bond acceptors (Lipinski definition) is 5. The van der Waals surface area contributed by atoms with E-state index in [-0.39, 0.29) is 17.4 Å². The van der Waals surface area contributed by atoms with Crippen LogP contribution in [0.5, 0.6) is 0 Å². The fourth-order valence-corrected chi connectivity index (χ4v) is 4.05. The summed E-state index contributed by atoms with van der Waals surface area (Å²) >= 11 is 0. The SMILES string of the molecule is N=C(N=C([OH2+])[C@H]1CCCCN1)C1(c2ccc(-c3cnc(N)nc3)cc2)CCC1. The number of anilines is 1. The van der Waals surface area contributed by atoms with Gasteiger partial charge in [0.2, 0.25) is 5.95 Å². The Kier molecular flexibility index (Phi) is 5.09. The van der Waals surface area contributed by atoms with Gasteiger partial charge in [0, 0.05) is 18.0 Å². The lowest BCUT2D eigenvalue weighted by Gasteiger charge is -2.41. The van der Waals surface area contributed by atoms with Crippen LogP contribution in [-0.2, 0) is 5.41 Å². The van der Waals surface area contributed by atoms with Gasteiger partial charge in [-0.1, -0.05) is 30.7 Å². The average molecular weight is 379 g/mol. The molecule has 1 aromatic heterocycles. The van der Waals surface area contributed by atoms with Crippen molar-refractivity contribution in [3.8, 4) is 11.1 Å². The molecule has 7 nitrogen and oxygen atoms in total. The highest BCUT2D eigenvalue weighted by atomic mass is 16.3. The molecule has 146 valence electrons. The molecule has 0 unspecified atom stereocenters. The zero-order chi connectivity index (χ0) is 19.6. The summed E-state index contributed by atoms with van der Waals surface area (Å²) in [4.78, 5) is 12.5. The fraction of sp³-hybridized carbons (Fsp3) is 0.429. The van der Waals surface area contributed by atoms with E-state index in [1.807, 2.05) is 12.1 Å². The molecule has 28 heavy (non-hydrogen) atoms. The molecule has 2 heterocycles. The van der Waals surface area contributed by atoms with Crippen molar-refractivity contribution in [2.45, 2.75) is 50.0 Å². The number of rotatable bonds is 4. The highest BCUT2D eigenvalue weighted by Gasteiger charge is 2.44. The predicted molar refractivity (Wildman–Crippen MR) is 112 cm³/mol. The number of nitrogen functional groups attached to an aromatic ring is 1. The number of nitrogens with one attached hydrogen (secondary N) is 2. The molecule has 7 heteroatoms. The molecular formula is C21H27N6O+. The van der Waals surface area contributed by atoms with Gasteiger partial charge in [0.05, 0.1) is 5.41 Å². The molecule has 0 amide bonds. The van der Waals surface area contributed by atoms with Crippen LogP contribution in [0.15, 0.2) is 41.7 Å². The highest BCUT2D eigenvalue weighted by Crippen LogP contribution is 2.45. The minimum Gasteiger partial charge on any atom is -0.581 e. The van der Waals surface area contributed by atoms with Gasteiger partial charge in [-0.2, -0.15) is 4.99 Å². The molecule has 1 aliphatic heterocycles. The average Bonchev–Trinajstić information content (AvgIpc) is 2.69. The molecule has 0 bridgehead atoms. The lowest BCUT2D eigenvalue weighted by atomic mass is 9.63. The maximum Gasteiger partial charge on any atom is 0.350 e. The van der Waals surface area contributed by atoms with Gasteiger partial charge in [0.25, 0.3) is 0 Å². The van der Waals surface area contributed by atoms with Crippen LogP contribution in [0.1, 0.15) is 44.1 Å². The molecule has 1 saturated heterocycles. The Morgan fingerprint density at radius 3 is 2.39 bits per heavy atom. The third kappa shape index (κ3) is 3.49. The van der Waals surface area contributed by atoms with Crippen LogP contribution in [0, 0.1) is 5.41 Å². The summed E-state index contributed by atoms with van der Waals surface area (Å²) in [6.07, 6.45) is 9.52. The molecule has 2 aromatic rings. The Labute approximate surface area is 164 Å². The van der Waals surface area contributed by atoms with E-state index in [4.69, 9.17) is 16.2 Å². The van der Waals surface area contributed by atoms with Crippen molar-refractivity contribution in [1.82, 2.24) is 15.3 Å². The molecule has 1 aromatic carbocycles. The van der Waals surface area contributed by atoms with E-state index >= 15 is 0 Å². The van der Waals surface area contributed by atoms with E-state index in [0.717, 1.165) is 61.8 Å². The highest BCUT2D eigenvalue weighted by molar-refractivity contribution is 6.00. The van der Waals surface area contributed by atoms with Gasteiger partial charge in [-0.3, -0.25) is 5.41 Å². The summed E-state index contributed by atoms with van der Waals surface area (Å²) < 4.78 is 0. The first-order valence-corrected chi connectivity index (χ1v) is 9.89. The zero-order valence-corrected chi connectivity index (χ0v) is 15.9. The summed E-state index contributed by atoms with van der Waals surface area (Å²) in [5, 5.41) is 20.3. The summed E-state index contributed by atoms with van der Waals surface area (Å²) in [6, 6.07) is 8.19. The summed E-state index contributed by atoms with van der Waals surface area (Å²) in [5.74, 6) is 0.880. The Hall–Kier alpha value is -2.80. The second-order valence-electron chi connectivity index (χ2n) is 7.69. The number of amidine groups is 1. The van der Waals surface area contributed by atoms with Crippen LogP contribution in [0.25, 0.3) is 11.1 Å². The summed E-state index contributed by atoms with van der Waals surface area (Å²) in [5.41, 5.74) is 8.22. The molecular weight excluding hydrogens is 352 g/mol. The molecule has 2 fully saturated rings. The van der Waals surface area contributed by atoms with E-state index in [0.29, 0.717) is 11.7 Å². The number of piperidine rings is 1. The molecule has 2 aliphatic rings. The van der Waals surface area contributed by atoms with E-state index in [2.05, 4.69) is 32.4 Å². The van der Waals surface area contributed by atoms with Crippen LogP contribution in [0.2, 0.25) is 0 Å². The van der Waals surface area contributed by atoms with Crippen LogP contribution in [-0.4, -0.2) is 39.4 Å². The number of nitrogens with zero attached hydrogens (tertiary/aromatic N) is 3. The van der Waals surface area contributed by atoms with E-state index in [1.54, 1.807) is 12.4 Å². The first kappa shape index (κ1) is 18.6. The van der Waals surface area contributed by atoms with Gasteiger partial charge in [0.15, 0.2) is 0 Å². The minimum absolute atomic E-state index is 0.0147. The van der Waals surface area contributed by atoms with E-state index < -0.39 is 0 Å². The van der Waals surface area contributed by atoms with Gasteiger partial charge in [-0.15, -0.1) is 0 Å². The first-order valence-electron chi connectivity index (χ1n) is 9.89. The molecule has 1 saturated carbocycles. The van der Waals surface area contributed by atoms with Crippen LogP contribution >= 0.6 is 0 Å². The standard InChI is InChI=1S/C21H26N6O/c22-19(27-18(28)17-4-1-2-11-24-17)21(9-3-10-21)16-7-5-14(6-8-16)15-12-25-20(23)26-13-15/h5-8,12-13,17,24H,1-4,9-11H2,(H2,22,27,28)(H2,23,25,26)/p+1/t17-/m1/s1. The number of nitrogens with two attached hydrogens (primary N) is 1. The number of benzene rings is 1. The number of aromatic nitrogens is 2. The predicted octanol–water partition coefficient (Wildman–Crippen LogP) is 2.39. The Balaban J connectivity index is 1.55. The molecule has 4 rings (SSSR count). The third-order valence-corrected chi connectivity index (χ3v) is 5.98. The fourth-order valence-electron chi connectivity index (χ4n) is 4.05. The van der Waals surface area contributed by atoms with Crippen molar-refractivity contribution in [2.24, 2.45) is 4.99 Å². The summed E-state index contributed by atoms with van der Waals surface area (Å²) in [7, 11) is 0. The first-order chi connectivity index (χ1) is 13.6. The number of hydrogen-bond donors (Lipinski definition) is 3. The van der Waals surface area contributed by atoms with Crippen molar-refractivity contribution in [1.29, 1.82) is 5.41 Å². The lowest BCUT2D eigenvalue weighted by Crippen LogP contribution is -2.44. The van der Waals surface area contributed by atoms with Gasteiger partial charge >= 0.3 is 5.90 Å². The van der Waals surface area contributed by atoms with Crippen LogP contribution in [0.4, 0.5) is 5.95 Å². The third-order valence-electron chi connectivity index (χ3n) is 5.98. The Morgan fingerprint density at radius 2 is 1.82 bits per heavy atom. The molecule has 1 atom stereocenters. The quantitative estimate of drug-likeness (QED) is 0.429. The lowest BCUT2D eigenvalue weighted by molar-refractivity contribution is 0.335. The molecule has 0 spiro atoms. The van der Waals surface area contributed by atoms with Gasteiger partial charge in [-0.05, 0) is 49.8 Å². The van der Waals surface area contributed by atoms with Gasteiger partial charge < -0.3 is 16.2 Å². The maximum atomic E-state index is 8.65. The van der Waals surface area contributed by atoms with Crippen molar-refractivity contribution in [3.63, 3.8) is 0 Å². The van der Waals surface area contributed by atoms with Crippen LogP contribution < -0.4 is 11.1 Å². The second kappa shape index (κ2) is 7.67. The van der Waals surface area contributed by atoms with Gasteiger partial charge in [-0.25, -0.2) is 9.97 Å². The molecule has 0 radical (unpaired) electrons. The Morgan fingerprint density at radius 1 is 1.11 bits per heavy atom. The monoisotopic (exact) mass is 379 g/mol. The van der Waals surface area contributed by atoms with Crippen LogP contribution in [0.3, 0.4) is 0 Å². The van der Waals surface area contributed by atoms with Gasteiger partial charge in [0.1, 0.15) is 11.9 Å². The molecule has 1 aliphatic carbocycles.